The van der Waals surface area contributed by atoms with E-state index in [-0.39, 0.29) is 5.25 Å². The Morgan fingerprint density at radius 1 is 1.26 bits per heavy atom. The van der Waals surface area contributed by atoms with Crippen LogP contribution in [-0.2, 0) is 6.42 Å². The summed E-state index contributed by atoms with van der Waals surface area (Å²) in [6.45, 7) is 4.07. The quantitative estimate of drug-likeness (QED) is 0.304. The maximum absolute atomic E-state index is 6.24. The van der Waals surface area contributed by atoms with E-state index in [1.807, 2.05) is 13.0 Å². The summed E-state index contributed by atoms with van der Waals surface area (Å²) >= 11 is 13.6. The van der Waals surface area contributed by atoms with Crippen molar-refractivity contribution < 1.29 is 4.42 Å². The van der Waals surface area contributed by atoms with Crippen LogP contribution in [-0.4, -0.2) is 15.0 Å². The fourth-order valence-electron chi connectivity index (χ4n) is 2.23. The van der Waals surface area contributed by atoms with Gasteiger partial charge in [0.25, 0.3) is 0 Å². The topological polar surface area (TPSA) is 77.8 Å². The molecule has 0 aromatic carbocycles. The molecule has 5 nitrogen and oxygen atoms in total. The number of rotatable bonds is 4. The number of thioether (sulfide) groups is 1. The fraction of sp³-hybridized carbons (Fsp3) is 0.267. The van der Waals surface area contributed by atoms with E-state index in [0.29, 0.717) is 26.9 Å². The van der Waals surface area contributed by atoms with E-state index in [0.717, 1.165) is 23.1 Å². The Morgan fingerprint density at radius 2 is 2.04 bits per heavy atom. The minimum absolute atomic E-state index is 0.0191. The van der Waals surface area contributed by atoms with Gasteiger partial charge >= 0.3 is 0 Å². The van der Waals surface area contributed by atoms with Crippen molar-refractivity contribution in [3.8, 4) is 0 Å². The molecule has 8 heteroatoms. The lowest BCUT2D eigenvalue weighted by Gasteiger charge is -2.11. The van der Waals surface area contributed by atoms with E-state index in [9.17, 15) is 0 Å². The first kappa shape index (κ1) is 16.4. The number of fused-ring (bicyclic) bond motifs is 1. The molecule has 0 amide bonds. The molecule has 0 fully saturated rings. The molecule has 1 atom stereocenters. The number of nitrogens with zero attached hydrogens (tertiary/aromatic N) is 3. The van der Waals surface area contributed by atoms with Crippen molar-refractivity contribution >= 4 is 51.8 Å². The summed E-state index contributed by atoms with van der Waals surface area (Å²) in [7, 11) is 0. The van der Waals surface area contributed by atoms with Gasteiger partial charge < -0.3 is 10.2 Å². The third kappa shape index (κ3) is 3.39. The summed E-state index contributed by atoms with van der Waals surface area (Å²) in [5.74, 6) is 0.337. The van der Waals surface area contributed by atoms with Gasteiger partial charge in [-0.25, -0.2) is 15.0 Å². The Balaban J connectivity index is 1.95. The zero-order valence-corrected chi connectivity index (χ0v) is 14.8. The van der Waals surface area contributed by atoms with E-state index >= 15 is 0 Å². The largest absolute Gasteiger partial charge is 0.461 e. The Bertz CT molecular complexity index is 848. The zero-order chi connectivity index (χ0) is 16.6. The first-order valence-electron chi connectivity index (χ1n) is 7.01. The highest BCUT2D eigenvalue weighted by Gasteiger charge is 2.17. The van der Waals surface area contributed by atoms with Crippen LogP contribution in [0.1, 0.15) is 30.4 Å². The molecule has 0 aliphatic rings. The third-order valence-corrected chi connectivity index (χ3v) is 4.83. The smallest absolute Gasteiger partial charge is 0.191 e. The van der Waals surface area contributed by atoms with Crippen molar-refractivity contribution in [2.24, 2.45) is 0 Å². The lowest BCUT2D eigenvalue weighted by atomic mass is 10.1. The molecule has 0 saturated heterocycles. The highest BCUT2D eigenvalue weighted by molar-refractivity contribution is 7.99. The molecular formula is C15H14Cl2N4OS. The summed E-state index contributed by atoms with van der Waals surface area (Å²) in [5.41, 5.74) is 8.24. The normalized spacial score (nSPS) is 12.7. The van der Waals surface area contributed by atoms with Crippen molar-refractivity contribution in [2.45, 2.75) is 30.7 Å². The van der Waals surface area contributed by atoms with Gasteiger partial charge in [0.1, 0.15) is 11.0 Å². The number of furan rings is 1. The lowest BCUT2D eigenvalue weighted by molar-refractivity contribution is 0.609. The summed E-state index contributed by atoms with van der Waals surface area (Å²) in [6, 6.07) is 3.51. The van der Waals surface area contributed by atoms with Gasteiger partial charge in [0, 0.05) is 11.5 Å². The average molecular weight is 369 g/mol. The fourth-order valence-corrected chi connectivity index (χ4v) is 3.58. The second-order valence-electron chi connectivity index (χ2n) is 4.99. The maximum Gasteiger partial charge on any atom is 0.191 e. The van der Waals surface area contributed by atoms with E-state index in [1.165, 1.54) is 17.8 Å². The second kappa shape index (κ2) is 6.55. The van der Waals surface area contributed by atoms with Gasteiger partial charge in [0.15, 0.2) is 15.9 Å². The van der Waals surface area contributed by atoms with E-state index in [1.54, 1.807) is 6.26 Å². The Morgan fingerprint density at radius 3 is 2.74 bits per heavy atom. The molecular weight excluding hydrogens is 355 g/mol. The first-order chi connectivity index (χ1) is 11.0. The molecule has 3 aromatic heterocycles. The molecule has 3 heterocycles. The van der Waals surface area contributed by atoms with Gasteiger partial charge in [-0.2, -0.15) is 0 Å². The molecule has 1 unspecified atom stereocenters. The lowest BCUT2D eigenvalue weighted by Crippen LogP contribution is -1.98. The van der Waals surface area contributed by atoms with Crippen LogP contribution in [0.3, 0.4) is 0 Å². The number of halogens is 2. The molecule has 0 spiro atoms. The Hall–Kier alpha value is -1.50. The summed E-state index contributed by atoms with van der Waals surface area (Å²) in [4.78, 5) is 12.8. The number of aromatic nitrogens is 3. The van der Waals surface area contributed by atoms with Crippen LogP contribution in [0.5, 0.6) is 0 Å². The molecule has 23 heavy (non-hydrogen) atoms. The number of anilines is 1. The van der Waals surface area contributed by atoms with Crippen LogP contribution in [0.15, 0.2) is 28.0 Å². The van der Waals surface area contributed by atoms with Gasteiger partial charge in [-0.05, 0) is 25.0 Å². The van der Waals surface area contributed by atoms with Gasteiger partial charge in [0.2, 0.25) is 0 Å². The van der Waals surface area contributed by atoms with Gasteiger partial charge in [-0.1, -0.05) is 41.9 Å². The molecule has 120 valence electrons. The summed E-state index contributed by atoms with van der Waals surface area (Å²) in [6.07, 6.45) is 2.59. The molecule has 0 aliphatic heterocycles. The number of aryl methyl sites for hydroxylation is 1. The number of nitrogens with two attached hydrogens (primary N) is 1. The van der Waals surface area contributed by atoms with Crippen LogP contribution >= 0.6 is 35.0 Å². The first-order valence-corrected chi connectivity index (χ1v) is 8.64. The summed E-state index contributed by atoms with van der Waals surface area (Å²) < 4.78 is 5.50. The standard InChI is InChI=1S/C15H14Cl2N4OS/c1-3-8-6-22-13-9(8)4-10(19-14(13)17)7(2)23-15-20-11(16)5-12(18)21-15/h4-7H,3H2,1-2H3,(H2,18,20,21). The number of hydrogen-bond donors (Lipinski definition) is 1. The van der Waals surface area contributed by atoms with Crippen LogP contribution < -0.4 is 5.73 Å². The monoisotopic (exact) mass is 368 g/mol. The highest BCUT2D eigenvalue weighted by Crippen LogP contribution is 2.36. The number of nitrogen functional groups attached to an aromatic ring is 1. The van der Waals surface area contributed by atoms with Crippen LogP contribution in [0.25, 0.3) is 11.0 Å². The molecule has 3 aromatic rings. The number of pyridine rings is 1. The van der Waals surface area contributed by atoms with Crippen molar-refractivity contribution in [1.82, 2.24) is 15.0 Å². The molecule has 0 radical (unpaired) electrons. The van der Waals surface area contributed by atoms with Crippen LogP contribution in [0.2, 0.25) is 10.3 Å². The number of hydrogen-bond acceptors (Lipinski definition) is 6. The molecule has 2 N–H and O–H groups in total. The van der Waals surface area contributed by atoms with Gasteiger partial charge in [-0.15, -0.1) is 0 Å². The molecule has 3 rings (SSSR count). The Labute approximate surface area is 147 Å². The molecule has 0 saturated carbocycles. The van der Waals surface area contributed by atoms with Gasteiger partial charge in [0.05, 0.1) is 17.2 Å². The average Bonchev–Trinajstić information content (AvgIpc) is 2.89. The van der Waals surface area contributed by atoms with Crippen molar-refractivity contribution in [2.75, 3.05) is 5.73 Å². The van der Waals surface area contributed by atoms with Crippen molar-refractivity contribution in [1.29, 1.82) is 0 Å². The minimum Gasteiger partial charge on any atom is -0.461 e. The molecule has 0 bridgehead atoms. The third-order valence-electron chi connectivity index (χ3n) is 3.39. The minimum atomic E-state index is -0.0191. The van der Waals surface area contributed by atoms with E-state index in [2.05, 4.69) is 21.9 Å². The van der Waals surface area contributed by atoms with Gasteiger partial charge in [-0.3, -0.25) is 0 Å². The summed E-state index contributed by atoms with van der Waals surface area (Å²) in [5, 5.41) is 2.15. The SMILES string of the molecule is CCc1coc2c(Cl)nc(C(C)Sc3nc(N)cc(Cl)n3)cc12. The second-order valence-corrected chi connectivity index (χ2v) is 7.04. The van der Waals surface area contributed by atoms with Crippen molar-refractivity contribution in [3.05, 3.63) is 40.0 Å². The Kier molecular flexibility index (Phi) is 4.66. The van der Waals surface area contributed by atoms with Crippen molar-refractivity contribution in [3.63, 3.8) is 0 Å². The molecule has 0 aliphatic carbocycles. The maximum atomic E-state index is 6.24. The van der Waals surface area contributed by atoms with E-state index < -0.39 is 0 Å². The highest BCUT2D eigenvalue weighted by atomic mass is 35.5. The predicted molar refractivity (Wildman–Crippen MR) is 94.1 cm³/mol. The zero-order valence-electron chi connectivity index (χ0n) is 12.5. The van der Waals surface area contributed by atoms with Crippen LogP contribution in [0.4, 0.5) is 5.82 Å². The predicted octanol–water partition coefficient (Wildman–Crippen LogP) is 4.92. The van der Waals surface area contributed by atoms with E-state index in [4.69, 9.17) is 33.4 Å². The van der Waals surface area contributed by atoms with Crippen LogP contribution in [0, 0.1) is 0 Å².